The summed E-state index contributed by atoms with van der Waals surface area (Å²) in [6, 6.07) is 0. The van der Waals surface area contributed by atoms with Crippen molar-refractivity contribution in [3.05, 3.63) is 0 Å². The van der Waals surface area contributed by atoms with Crippen LogP contribution in [0.4, 0.5) is 0 Å². The van der Waals surface area contributed by atoms with Crippen LogP contribution in [0.2, 0.25) is 0 Å². The Labute approximate surface area is 81.4 Å². The Morgan fingerprint density at radius 1 is 1.07 bits per heavy atom. The molecular formula is C9H12O5-2. The van der Waals surface area contributed by atoms with Gasteiger partial charge in [-0.2, -0.15) is 0 Å². The normalized spacial score (nSPS) is 27.6. The third-order valence-electron chi connectivity index (χ3n) is 2.72. The average molecular weight is 200 g/mol. The van der Waals surface area contributed by atoms with E-state index in [0.717, 1.165) is 0 Å². The molecule has 0 unspecified atom stereocenters. The molecule has 5 nitrogen and oxygen atoms in total. The summed E-state index contributed by atoms with van der Waals surface area (Å²) in [7, 11) is 0. The van der Waals surface area contributed by atoms with Crippen molar-refractivity contribution in [2.24, 2.45) is 11.8 Å². The fraction of sp³-hybridized carbons (Fsp3) is 0.778. The van der Waals surface area contributed by atoms with Crippen LogP contribution in [0.15, 0.2) is 0 Å². The quantitative estimate of drug-likeness (QED) is 0.514. The van der Waals surface area contributed by atoms with E-state index in [1.807, 2.05) is 0 Å². The minimum atomic E-state index is -1.59. The van der Waals surface area contributed by atoms with Gasteiger partial charge in [0, 0.05) is 5.92 Å². The van der Waals surface area contributed by atoms with Gasteiger partial charge in [-0.3, -0.25) is 0 Å². The van der Waals surface area contributed by atoms with Gasteiger partial charge in [0.05, 0.1) is 18.0 Å². The molecule has 0 aromatic rings. The molecule has 0 bridgehead atoms. The van der Waals surface area contributed by atoms with E-state index in [4.69, 9.17) is 5.11 Å². The van der Waals surface area contributed by atoms with E-state index in [0.29, 0.717) is 25.7 Å². The highest BCUT2D eigenvalue weighted by Crippen LogP contribution is 2.29. The summed E-state index contributed by atoms with van der Waals surface area (Å²) >= 11 is 0. The Morgan fingerprint density at radius 3 is 1.86 bits per heavy atom. The van der Waals surface area contributed by atoms with Crippen LogP contribution < -0.4 is 10.2 Å². The Morgan fingerprint density at radius 2 is 1.50 bits per heavy atom. The number of aliphatic carboxylic acids is 2. The van der Waals surface area contributed by atoms with Crippen molar-refractivity contribution < 1.29 is 24.9 Å². The van der Waals surface area contributed by atoms with Gasteiger partial charge in [-0.25, -0.2) is 0 Å². The number of rotatable bonds is 3. The number of hydrogen-bond donors (Lipinski definition) is 1. The monoisotopic (exact) mass is 200 g/mol. The molecule has 0 aliphatic heterocycles. The Kier molecular flexibility index (Phi) is 3.46. The first-order valence-electron chi connectivity index (χ1n) is 4.62. The molecule has 0 aromatic heterocycles. The SMILES string of the molecule is O=C([O-])C(C(=O)[O-])C1CCC(O)CC1. The van der Waals surface area contributed by atoms with Crippen LogP contribution in [0.5, 0.6) is 0 Å². The van der Waals surface area contributed by atoms with Gasteiger partial charge >= 0.3 is 0 Å². The number of carbonyl (C=O) groups excluding carboxylic acids is 2. The van der Waals surface area contributed by atoms with Crippen LogP contribution in [-0.4, -0.2) is 23.1 Å². The highest BCUT2D eigenvalue weighted by molar-refractivity contribution is 5.91. The highest BCUT2D eigenvalue weighted by atomic mass is 16.4. The topological polar surface area (TPSA) is 100 Å². The molecule has 0 amide bonds. The van der Waals surface area contributed by atoms with E-state index < -0.39 is 29.9 Å². The van der Waals surface area contributed by atoms with Gasteiger partial charge < -0.3 is 24.9 Å². The smallest absolute Gasteiger partial charge is 0.0540 e. The third kappa shape index (κ3) is 2.45. The summed E-state index contributed by atoms with van der Waals surface area (Å²) in [6.45, 7) is 0. The number of hydrogen-bond acceptors (Lipinski definition) is 5. The fourth-order valence-corrected chi connectivity index (χ4v) is 1.92. The van der Waals surface area contributed by atoms with Crippen LogP contribution in [0, 0.1) is 11.8 Å². The lowest BCUT2D eigenvalue weighted by Crippen LogP contribution is -2.48. The van der Waals surface area contributed by atoms with E-state index >= 15 is 0 Å². The summed E-state index contributed by atoms with van der Waals surface area (Å²) in [5.74, 6) is -5.19. The minimum Gasteiger partial charge on any atom is -0.549 e. The third-order valence-corrected chi connectivity index (χ3v) is 2.72. The van der Waals surface area contributed by atoms with Crippen molar-refractivity contribution in [3.63, 3.8) is 0 Å². The van der Waals surface area contributed by atoms with Crippen molar-refractivity contribution in [3.8, 4) is 0 Å². The number of carboxylic acid groups (broad SMARTS) is 2. The molecule has 1 saturated carbocycles. The first kappa shape index (κ1) is 11.0. The minimum absolute atomic E-state index is 0.397. The number of aliphatic hydroxyl groups excluding tert-OH is 1. The number of carbonyl (C=O) groups is 2. The molecular weight excluding hydrogens is 188 g/mol. The zero-order valence-electron chi connectivity index (χ0n) is 7.64. The first-order valence-corrected chi connectivity index (χ1v) is 4.62. The molecule has 1 aliphatic carbocycles. The second-order valence-electron chi connectivity index (χ2n) is 3.68. The molecule has 1 fully saturated rings. The lowest BCUT2D eigenvalue weighted by atomic mass is 9.79. The van der Waals surface area contributed by atoms with Crippen molar-refractivity contribution >= 4 is 11.9 Å². The van der Waals surface area contributed by atoms with Gasteiger partial charge in [0.15, 0.2) is 0 Å². The van der Waals surface area contributed by atoms with E-state index in [9.17, 15) is 19.8 Å². The second-order valence-corrected chi connectivity index (χ2v) is 3.68. The average Bonchev–Trinajstić information content (AvgIpc) is 2.07. The fourth-order valence-electron chi connectivity index (χ4n) is 1.92. The van der Waals surface area contributed by atoms with Gasteiger partial charge in [0.2, 0.25) is 0 Å². The molecule has 14 heavy (non-hydrogen) atoms. The van der Waals surface area contributed by atoms with Crippen molar-refractivity contribution in [1.29, 1.82) is 0 Å². The molecule has 0 saturated heterocycles. The van der Waals surface area contributed by atoms with Crippen LogP contribution in [0.1, 0.15) is 25.7 Å². The highest BCUT2D eigenvalue weighted by Gasteiger charge is 2.28. The summed E-state index contributed by atoms with van der Waals surface area (Å²) < 4.78 is 0. The van der Waals surface area contributed by atoms with E-state index in [1.165, 1.54) is 0 Å². The zero-order chi connectivity index (χ0) is 10.7. The van der Waals surface area contributed by atoms with Crippen LogP contribution in [0.3, 0.4) is 0 Å². The lowest BCUT2D eigenvalue weighted by Gasteiger charge is -2.33. The maximum Gasteiger partial charge on any atom is 0.0540 e. The Balaban J connectivity index is 2.61. The second kappa shape index (κ2) is 4.41. The van der Waals surface area contributed by atoms with Crippen molar-refractivity contribution in [1.82, 2.24) is 0 Å². The first-order chi connectivity index (χ1) is 6.52. The van der Waals surface area contributed by atoms with Crippen LogP contribution in [-0.2, 0) is 9.59 Å². The van der Waals surface area contributed by atoms with Gasteiger partial charge in [-0.05, 0) is 31.6 Å². The molecule has 0 radical (unpaired) electrons. The van der Waals surface area contributed by atoms with Crippen molar-refractivity contribution in [2.45, 2.75) is 31.8 Å². The van der Waals surface area contributed by atoms with Gasteiger partial charge in [0.25, 0.3) is 0 Å². The number of carboxylic acids is 2. The molecule has 0 spiro atoms. The number of aliphatic hydroxyl groups is 1. The lowest BCUT2D eigenvalue weighted by molar-refractivity contribution is -0.334. The molecule has 0 atom stereocenters. The van der Waals surface area contributed by atoms with E-state index in [1.54, 1.807) is 0 Å². The summed E-state index contributed by atoms with van der Waals surface area (Å²) in [5.41, 5.74) is 0. The molecule has 5 heteroatoms. The van der Waals surface area contributed by atoms with Crippen LogP contribution >= 0.6 is 0 Å². The van der Waals surface area contributed by atoms with Gasteiger partial charge in [-0.15, -0.1) is 0 Å². The van der Waals surface area contributed by atoms with Crippen molar-refractivity contribution in [2.75, 3.05) is 0 Å². The van der Waals surface area contributed by atoms with E-state index in [2.05, 4.69) is 0 Å². The Hall–Kier alpha value is -1.10. The summed E-state index contributed by atoms with van der Waals surface area (Å²) in [5, 5.41) is 30.2. The summed E-state index contributed by atoms with van der Waals surface area (Å²) in [4.78, 5) is 21.1. The standard InChI is InChI=1S/C9H14O5/c10-6-3-1-5(2-4-6)7(8(11)12)9(13)14/h5-7,10H,1-4H2,(H,11,12)(H,13,14)/p-2. The molecule has 0 aromatic carbocycles. The molecule has 0 heterocycles. The maximum atomic E-state index is 10.5. The largest absolute Gasteiger partial charge is 0.549 e. The molecule has 1 rings (SSSR count). The summed E-state index contributed by atoms with van der Waals surface area (Å²) in [6.07, 6.45) is 1.25. The zero-order valence-corrected chi connectivity index (χ0v) is 7.64. The van der Waals surface area contributed by atoms with Gasteiger partial charge in [-0.1, -0.05) is 0 Å². The molecule has 1 N–H and O–H groups in total. The maximum absolute atomic E-state index is 10.5. The van der Waals surface area contributed by atoms with Gasteiger partial charge in [0.1, 0.15) is 0 Å². The predicted molar refractivity (Wildman–Crippen MR) is 41.5 cm³/mol. The Bertz CT molecular complexity index is 215. The molecule has 80 valence electrons. The predicted octanol–water partition coefficient (Wildman–Crippen LogP) is -2.35. The van der Waals surface area contributed by atoms with E-state index in [-0.39, 0.29) is 0 Å². The van der Waals surface area contributed by atoms with Crippen LogP contribution in [0.25, 0.3) is 0 Å². The molecule has 1 aliphatic rings.